The van der Waals surface area contributed by atoms with Crippen molar-refractivity contribution in [2.24, 2.45) is 0 Å². The molecule has 1 unspecified atom stereocenters. The molecular formula is C14H23N5O. The molecular weight excluding hydrogens is 254 g/mol. The Hall–Kier alpha value is -1.24. The lowest BCUT2D eigenvalue weighted by molar-refractivity contribution is 0.0209. The fraction of sp³-hybridized carbons (Fsp3) is 0.714. The van der Waals surface area contributed by atoms with Crippen LogP contribution in [0.5, 0.6) is 0 Å². The maximum Gasteiger partial charge on any atom is 0.225 e. The van der Waals surface area contributed by atoms with Crippen molar-refractivity contribution in [1.82, 2.24) is 20.2 Å². The van der Waals surface area contributed by atoms with Gasteiger partial charge < -0.3 is 15.0 Å². The molecule has 1 atom stereocenters. The number of aromatic nitrogens is 2. The standard InChI is InChI=1S/C14H23N5O/c1-15-8-12-9-16-14(17-10-12)19-3-2-13(11-19)18-4-6-20-7-5-18/h9-10,13,15H,2-8,11H2,1H3. The first-order valence-corrected chi connectivity index (χ1v) is 7.39. The van der Waals surface area contributed by atoms with Crippen LogP contribution in [0.4, 0.5) is 5.95 Å². The highest BCUT2D eigenvalue weighted by Gasteiger charge is 2.29. The third kappa shape index (κ3) is 3.08. The number of morpholine rings is 1. The zero-order chi connectivity index (χ0) is 13.8. The molecule has 110 valence electrons. The minimum Gasteiger partial charge on any atom is -0.379 e. The van der Waals surface area contributed by atoms with Crippen LogP contribution >= 0.6 is 0 Å². The fourth-order valence-electron chi connectivity index (χ4n) is 2.97. The molecule has 1 aromatic heterocycles. The number of nitrogens with zero attached hydrogens (tertiary/aromatic N) is 4. The Morgan fingerprint density at radius 3 is 2.70 bits per heavy atom. The lowest BCUT2D eigenvalue weighted by Crippen LogP contribution is -2.44. The van der Waals surface area contributed by atoms with Crippen LogP contribution in [-0.4, -0.2) is 67.4 Å². The van der Waals surface area contributed by atoms with Crippen molar-refractivity contribution in [2.45, 2.75) is 19.0 Å². The van der Waals surface area contributed by atoms with E-state index in [0.29, 0.717) is 6.04 Å². The van der Waals surface area contributed by atoms with E-state index in [9.17, 15) is 0 Å². The Bertz CT molecular complexity index is 418. The highest BCUT2D eigenvalue weighted by Crippen LogP contribution is 2.20. The average Bonchev–Trinajstić information content (AvgIpc) is 2.99. The van der Waals surface area contributed by atoms with Crippen LogP contribution in [0.2, 0.25) is 0 Å². The van der Waals surface area contributed by atoms with Crippen LogP contribution in [0.3, 0.4) is 0 Å². The van der Waals surface area contributed by atoms with Crippen LogP contribution < -0.4 is 10.2 Å². The average molecular weight is 277 g/mol. The number of hydrogen-bond donors (Lipinski definition) is 1. The lowest BCUT2D eigenvalue weighted by Gasteiger charge is -2.32. The summed E-state index contributed by atoms with van der Waals surface area (Å²) in [6, 6.07) is 0.625. The van der Waals surface area contributed by atoms with E-state index in [1.165, 1.54) is 6.42 Å². The number of rotatable bonds is 4. The summed E-state index contributed by atoms with van der Waals surface area (Å²) in [5, 5.41) is 3.11. The molecule has 6 nitrogen and oxygen atoms in total. The highest BCUT2D eigenvalue weighted by atomic mass is 16.5. The van der Waals surface area contributed by atoms with Gasteiger partial charge in [-0.25, -0.2) is 9.97 Å². The Morgan fingerprint density at radius 1 is 1.25 bits per heavy atom. The van der Waals surface area contributed by atoms with Gasteiger partial charge in [0.15, 0.2) is 0 Å². The van der Waals surface area contributed by atoms with Crippen LogP contribution in [0.1, 0.15) is 12.0 Å². The van der Waals surface area contributed by atoms with Crippen molar-refractivity contribution in [3.05, 3.63) is 18.0 Å². The van der Waals surface area contributed by atoms with E-state index in [1.807, 2.05) is 19.4 Å². The van der Waals surface area contributed by atoms with E-state index in [2.05, 4.69) is 25.1 Å². The van der Waals surface area contributed by atoms with Crippen molar-refractivity contribution in [2.75, 3.05) is 51.3 Å². The van der Waals surface area contributed by atoms with Crippen molar-refractivity contribution in [3.8, 4) is 0 Å². The maximum atomic E-state index is 5.42. The molecule has 20 heavy (non-hydrogen) atoms. The summed E-state index contributed by atoms with van der Waals surface area (Å²) >= 11 is 0. The first-order chi connectivity index (χ1) is 9.86. The molecule has 1 N–H and O–H groups in total. The minimum absolute atomic E-state index is 0.625. The van der Waals surface area contributed by atoms with E-state index < -0.39 is 0 Å². The third-order valence-corrected chi connectivity index (χ3v) is 4.08. The van der Waals surface area contributed by atoms with E-state index in [0.717, 1.165) is 57.4 Å². The van der Waals surface area contributed by atoms with Gasteiger partial charge in [0.1, 0.15) is 0 Å². The van der Waals surface area contributed by atoms with Gasteiger partial charge in [-0.15, -0.1) is 0 Å². The summed E-state index contributed by atoms with van der Waals surface area (Å²) in [7, 11) is 1.93. The van der Waals surface area contributed by atoms with Crippen molar-refractivity contribution in [3.63, 3.8) is 0 Å². The van der Waals surface area contributed by atoms with Gasteiger partial charge in [-0.05, 0) is 13.5 Å². The summed E-state index contributed by atoms with van der Waals surface area (Å²) in [5.74, 6) is 0.862. The Kier molecular flexibility index (Phi) is 4.44. The molecule has 1 aromatic rings. The number of nitrogens with one attached hydrogen (secondary N) is 1. The minimum atomic E-state index is 0.625. The largest absolute Gasteiger partial charge is 0.379 e. The zero-order valence-electron chi connectivity index (χ0n) is 12.1. The van der Waals surface area contributed by atoms with Crippen LogP contribution in [-0.2, 0) is 11.3 Å². The molecule has 0 bridgehead atoms. The molecule has 3 rings (SSSR count). The Balaban J connectivity index is 1.58. The molecule has 0 aliphatic carbocycles. The maximum absolute atomic E-state index is 5.42. The number of ether oxygens (including phenoxy) is 1. The van der Waals surface area contributed by atoms with E-state index >= 15 is 0 Å². The molecule has 2 saturated heterocycles. The Labute approximate surface area is 120 Å². The summed E-state index contributed by atoms with van der Waals surface area (Å²) < 4.78 is 5.42. The quantitative estimate of drug-likeness (QED) is 0.843. The predicted molar refractivity (Wildman–Crippen MR) is 77.8 cm³/mol. The van der Waals surface area contributed by atoms with Gasteiger partial charge in [-0.2, -0.15) is 0 Å². The van der Waals surface area contributed by atoms with Crippen molar-refractivity contribution in [1.29, 1.82) is 0 Å². The summed E-state index contributed by atoms with van der Waals surface area (Å²) in [6.07, 6.45) is 5.03. The van der Waals surface area contributed by atoms with E-state index in [4.69, 9.17) is 4.74 Å². The van der Waals surface area contributed by atoms with E-state index in [1.54, 1.807) is 0 Å². The van der Waals surface area contributed by atoms with Gasteiger partial charge in [0, 0.05) is 56.7 Å². The molecule has 2 aliphatic heterocycles. The van der Waals surface area contributed by atoms with Gasteiger partial charge in [0.05, 0.1) is 13.2 Å². The second-order valence-electron chi connectivity index (χ2n) is 5.46. The number of hydrogen-bond acceptors (Lipinski definition) is 6. The number of anilines is 1. The molecule has 0 aromatic carbocycles. The van der Waals surface area contributed by atoms with Gasteiger partial charge >= 0.3 is 0 Å². The van der Waals surface area contributed by atoms with Gasteiger partial charge in [-0.3, -0.25) is 4.90 Å². The molecule has 0 radical (unpaired) electrons. The van der Waals surface area contributed by atoms with Crippen LogP contribution in [0.25, 0.3) is 0 Å². The fourth-order valence-corrected chi connectivity index (χ4v) is 2.97. The topological polar surface area (TPSA) is 53.5 Å². The second-order valence-corrected chi connectivity index (χ2v) is 5.46. The SMILES string of the molecule is CNCc1cnc(N2CCC(N3CCOCC3)C2)nc1. The second kappa shape index (κ2) is 6.47. The first kappa shape index (κ1) is 13.7. The zero-order valence-corrected chi connectivity index (χ0v) is 12.1. The van der Waals surface area contributed by atoms with E-state index in [-0.39, 0.29) is 0 Å². The van der Waals surface area contributed by atoms with Crippen LogP contribution in [0.15, 0.2) is 12.4 Å². The normalized spacial score (nSPS) is 24.2. The first-order valence-electron chi connectivity index (χ1n) is 7.39. The highest BCUT2D eigenvalue weighted by molar-refractivity contribution is 5.32. The summed E-state index contributed by atoms with van der Waals surface area (Å²) in [6.45, 7) is 6.74. The van der Waals surface area contributed by atoms with Crippen LogP contribution in [0, 0.1) is 0 Å². The van der Waals surface area contributed by atoms with Crippen molar-refractivity contribution < 1.29 is 4.74 Å². The van der Waals surface area contributed by atoms with Gasteiger partial charge in [0.2, 0.25) is 5.95 Å². The Morgan fingerprint density at radius 2 is 2.00 bits per heavy atom. The molecule has 0 saturated carbocycles. The lowest BCUT2D eigenvalue weighted by atomic mass is 10.2. The molecule has 3 heterocycles. The van der Waals surface area contributed by atoms with Gasteiger partial charge in [0.25, 0.3) is 0 Å². The smallest absolute Gasteiger partial charge is 0.225 e. The molecule has 0 amide bonds. The monoisotopic (exact) mass is 277 g/mol. The summed E-state index contributed by atoms with van der Waals surface area (Å²) in [4.78, 5) is 13.8. The third-order valence-electron chi connectivity index (χ3n) is 4.08. The van der Waals surface area contributed by atoms with Crippen molar-refractivity contribution >= 4 is 5.95 Å². The van der Waals surface area contributed by atoms with Gasteiger partial charge in [-0.1, -0.05) is 0 Å². The molecule has 6 heteroatoms. The summed E-state index contributed by atoms with van der Waals surface area (Å²) in [5.41, 5.74) is 1.13. The molecule has 2 fully saturated rings. The predicted octanol–water partition coefficient (Wildman–Crippen LogP) is 0.107. The molecule has 2 aliphatic rings. The molecule has 0 spiro atoms.